The summed E-state index contributed by atoms with van der Waals surface area (Å²) in [6.07, 6.45) is 1.24. The lowest BCUT2D eigenvalue weighted by atomic mass is 9.90. The maximum absolute atomic E-state index is 10.6. The van der Waals surface area contributed by atoms with E-state index in [1.54, 1.807) is 7.11 Å². The molecule has 0 fully saturated rings. The second kappa shape index (κ2) is 7.00. The Balaban J connectivity index is 2.99. The standard InChI is InChI=1S/C12H20N2O4/c1-3-13-9-4-8(7-15)5-10(12(9)18-2)14-6-11(16)17/h8,13,15H,3-7H2,1-2H3,(H,16,17). The number of aliphatic hydroxyl groups excluding tert-OH is 1. The number of ether oxygens (including phenoxy) is 1. The van der Waals surface area contributed by atoms with Gasteiger partial charge in [0.05, 0.1) is 18.5 Å². The van der Waals surface area contributed by atoms with Gasteiger partial charge in [-0.05, 0) is 25.7 Å². The number of rotatable bonds is 6. The van der Waals surface area contributed by atoms with Crippen LogP contribution in [0.5, 0.6) is 0 Å². The predicted molar refractivity (Wildman–Crippen MR) is 67.5 cm³/mol. The Hall–Kier alpha value is -1.56. The molecule has 0 saturated heterocycles. The van der Waals surface area contributed by atoms with Crippen LogP contribution in [0.2, 0.25) is 0 Å². The Kier molecular flexibility index (Phi) is 5.64. The number of hydrogen-bond donors (Lipinski definition) is 3. The maximum Gasteiger partial charge on any atom is 0.325 e. The second-order valence-corrected chi connectivity index (χ2v) is 4.16. The third-order valence-electron chi connectivity index (χ3n) is 2.77. The number of methoxy groups -OCH3 is 1. The number of nitrogens with zero attached hydrogens (tertiary/aromatic N) is 1. The molecule has 0 aromatic heterocycles. The number of carbonyl (C=O) groups is 1. The molecule has 0 saturated carbocycles. The van der Waals surface area contributed by atoms with E-state index in [0.29, 0.717) is 24.3 Å². The van der Waals surface area contributed by atoms with Gasteiger partial charge in [0.2, 0.25) is 0 Å². The van der Waals surface area contributed by atoms with E-state index in [0.717, 1.165) is 12.2 Å². The lowest BCUT2D eigenvalue weighted by molar-refractivity contribution is -0.135. The normalized spacial score (nSPS) is 22.2. The van der Waals surface area contributed by atoms with Crippen molar-refractivity contribution in [1.82, 2.24) is 5.32 Å². The molecule has 1 atom stereocenters. The summed E-state index contributed by atoms with van der Waals surface area (Å²) in [6.45, 7) is 2.49. The summed E-state index contributed by atoms with van der Waals surface area (Å²) in [5.41, 5.74) is 1.50. The van der Waals surface area contributed by atoms with E-state index in [4.69, 9.17) is 9.84 Å². The number of aliphatic imine (C=N–C) groups is 1. The van der Waals surface area contributed by atoms with Crippen molar-refractivity contribution >= 4 is 11.7 Å². The first kappa shape index (κ1) is 14.5. The third kappa shape index (κ3) is 3.73. The van der Waals surface area contributed by atoms with Crippen LogP contribution in [0, 0.1) is 5.92 Å². The summed E-state index contributed by atoms with van der Waals surface area (Å²) < 4.78 is 5.31. The molecule has 102 valence electrons. The molecule has 0 aromatic carbocycles. The van der Waals surface area contributed by atoms with Gasteiger partial charge in [-0.25, -0.2) is 0 Å². The summed E-state index contributed by atoms with van der Waals surface area (Å²) in [5.74, 6) is -0.303. The van der Waals surface area contributed by atoms with E-state index >= 15 is 0 Å². The zero-order valence-corrected chi connectivity index (χ0v) is 10.8. The van der Waals surface area contributed by atoms with Crippen LogP contribution >= 0.6 is 0 Å². The van der Waals surface area contributed by atoms with Crippen molar-refractivity contribution in [2.45, 2.75) is 19.8 Å². The van der Waals surface area contributed by atoms with Gasteiger partial charge in [0.1, 0.15) is 6.54 Å². The molecule has 1 aliphatic rings. The van der Waals surface area contributed by atoms with E-state index in [2.05, 4.69) is 10.3 Å². The number of carboxylic acid groups (broad SMARTS) is 1. The Bertz CT molecular complexity index is 363. The van der Waals surface area contributed by atoms with Gasteiger partial charge in [-0.2, -0.15) is 0 Å². The highest BCUT2D eigenvalue weighted by Gasteiger charge is 2.26. The number of allylic oxidation sites excluding steroid dienone is 2. The first-order valence-electron chi connectivity index (χ1n) is 5.99. The molecule has 1 aliphatic carbocycles. The number of aliphatic carboxylic acids is 1. The molecule has 6 nitrogen and oxygen atoms in total. The molecule has 3 N–H and O–H groups in total. The van der Waals surface area contributed by atoms with Gasteiger partial charge in [0, 0.05) is 13.2 Å². The van der Waals surface area contributed by atoms with Gasteiger partial charge in [-0.15, -0.1) is 0 Å². The smallest absolute Gasteiger partial charge is 0.325 e. The predicted octanol–water partition coefficient (Wildman–Crippen LogP) is 0.382. The fourth-order valence-electron chi connectivity index (χ4n) is 2.03. The highest BCUT2D eigenvalue weighted by Crippen LogP contribution is 2.26. The fourth-order valence-corrected chi connectivity index (χ4v) is 2.03. The molecule has 0 amide bonds. The average molecular weight is 256 g/mol. The summed E-state index contributed by atoms with van der Waals surface area (Å²) in [4.78, 5) is 14.6. The van der Waals surface area contributed by atoms with Crippen molar-refractivity contribution in [3.8, 4) is 0 Å². The van der Waals surface area contributed by atoms with E-state index in [9.17, 15) is 9.90 Å². The van der Waals surface area contributed by atoms with Gasteiger partial charge in [0.25, 0.3) is 0 Å². The summed E-state index contributed by atoms with van der Waals surface area (Å²) in [6, 6.07) is 0. The molecule has 6 heteroatoms. The van der Waals surface area contributed by atoms with E-state index in [1.807, 2.05) is 6.92 Å². The van der Waals surface area contributed by atoms with Crippen LogP contribution in [-0.2, 0) is 9.53 Å². The monoisotopic (exact) mass is 256 g/mol. The van der Waals surface area contributed by atoms with Crippen LogP contribution in [0.1, 0.15) is 19.8 Å². The molecule has 0 heterocycles. The fraction of sp³-hybridized carbons (Fsp3) is 0.667. The van der Waals surface area contributed by atoms with E-state index in [-0.39, 0.29) is 19.1 Å². The highest BCUT2D eigenvalue weighted by atomic mass is 16.5. The molecule has 0 aromatic rings. The average Bonchev–Trinajstić information content (AvgIpc) is 2.36. The first-order chi connectivity index (χ1) is 8.62. The topological polar surface area (TPSA) is 91.2 Å². The minimum atomic E-state index is -0.978. The van der Waals surface area contributed by atoms with Crippen LogP contribution in [-0.4, -0.2) is 48.7 Å². The van der Waals surface area contributed by atoms with Crippen LogP contribution in [0.25, 0.3) is 0 Å². The number of carboxylic acids is 1. The van der Waals surface area contributed by atoms with Crippen LogP contribution < -0.4 is 5.32 Å². The van der Waals surface area contributed by atoms with Gasteiger partial charge < -0.3 is 20.3 Å². The highest BCUT2D eigenvalue weighted by molar-refractivity contribution is 6.00. The number of aliphatic hydroxyl groups is 1. The lowest BCUT2D eigenvalue weighted by Gasteiger charge is -2.27. The van der Waals surface area contributed by atoms with Crippen LogP contribution in [0.15, 0.2) is 16.4 Å². The molecular weight excluding hydrogens is 236 g/mol. The van der Waals surface area contributed by atoms with E-state index < -0.39 is 5.97 Å². The molecule has 0 radical (unpaired) electrons. The molecule has 0 aliphatic heterocycles. The Morgan fingerprint density at radius 2 is 2.28 bits per heavy atom. The molecule has 1 rings (SSSR count). The summed E-state index contributed by atoms with van der Waals surface area (Å²) in [7, 11) is 1.54. The van der Waals surface area contributed by atoms with Crippen molar-refractivity contribution < 1.29 is 19.7 Å². The minimum absolute atomic E-state index is 0.0536. The summed E-state index contributed by atoms with van der Waals surface area (Å²) in [5, 5.41) is 21.1. The van der Waals surface area contributed by atoms with Crippen molar-refractivity contribution in [2.24, 2.45) is 10.9 Å². The van der Waals surface area contributed by atoms with Crippen molar-refractivity contribution in [3.63, 3.8) is 0 Å². The Labute approximate surface area is 106 Å². The minimum Gasteiger partial charge on any atom is -0.493 e. The molecule has 0 bridgehead atoms. The van der Waals surface area contributed by atoms with Gasteiger partial charge >= 0.3 is 5.97 Å². The zero-order valence-electron chi connectivity index (χ0n) is 10.8. The SMILES string of the molecule is CCNC1=C(OC)C(=NCC(=O)O)CC(CO)C1. The molecule has 1 unspecified atom stereocenters. The summed E-state index contributed by atoms with van der Waals surface area (Å²) >= 11 is 0. The van der Waals surface area contributed by atoms with Gasteiger partial charge in [-0.3, -0.25) is 9.79 Å². The molecule has 18 heavy (non-hydrogen) atoms. The third-order valence-corrected chi connectivity index (χ3v) is 2.77. The quantitative estimate of drug-likeness (QED) is 0.639. The maximum atomic E-state index is 10.6. The molecule has 0 spiro atoms. The largest absolute Gasteiger partial charge is 0.493 e. The number of nitrogens with one attached hydrogen (secondary N) is 1. The van der Waals surface area contributed by atoms with E-state index in [1.165, 1.54) is 0 Å². The van der Waals surface area contributed by atoms with Crippen molar-refractivity contribution in [3.05, 3.63) is 11.5 Å². The lowest BCUT2D eigenvalue weighted by Crippen LogP contribution is -2.29. The zero-order chi connectivity index (χ0) is 13.5. The Morgan fingerprint density at radius 3 is 2.78 bits per heavy atom. The molecular formula is C12H20N2O4. The first-order valence-corrected chi connectivity index (χ1v) is 5.99. The van der Waals surface area contributed by atoms with Crippen molar-refractivity contribution in [1.29, 1.82) is 0 Å². The van der Waals surface area contributed by atoms with Crippen LogP contribution in [0.3, 0.4) is 0 Å². The van der Waals surface area contributed by atoms with Crippen molar-refractivity contribution in [2.75, 3.05) is 26.8 Å². The van der Waals surface area contributed by atoms with Gasteiger partial charge in [-0.1, -0.05) is 0 Å². The second-order valence-electron chi connectivity index (χ2n) is 4.16. The van der Waals surface area contributed by atoms with Crippen LogP contribution in [0.4, 0.5) is 0 Å². The Morgan fingerprint density at radius 1 is 1.56 bits per heavy atom. The number of hydrogen-bond acceptors (Lipinski definition) is 5. The van der Waals surface area contributed by atoms with Gasteiger partial charge in [0.15, 0.2) is 5.76 Å².